The van der Waals surface area contributed by atoms with E-state index in [9.17, 15) is 4.79 Å². The van der Waals surface area contributed by atoms with Crippen LogP contribution in [0.3, 0.4) is 0 Å². The van der Waals surface area contributed by atoms with Crippen LogP contribution in [0.2, 0.25) is 0 Å². The predicted molar refractivity (Wildman–Crippen MR) is 144 cm³/mol. The number of carboxylic acid groups (broad SMARTS) is 1. The van der Waals surface area contributed by atoms with E-state index in [1.165, 1.54) is 25.6 Å². The van der Waals surface area contributed by atoms with Crippen LogP contribution < -0.4 is 20.3 Å². The van der Waals surface area contributed by atoms with E-state index in [0.29, 0.717) is 23.4 Å². The highest BCUT2D eigenvalue weighted by atomic mass is 16.5. The highest BCUT2D eigenvalue weighted by Crippen LogP contribution is 2.46. The summed E-state index contributed by atoms with van der Waals surface area (Å²) >= 11 is 0. The van der Waals surface area contributed by atoms with Gasteiger partial charge in [0.25, 0.3) is 0 Å². The number of hydrogen-bond donors (Lipinski definition) is 3. The molecule has 0 radical (unpaired) electrons. The quantitative estimate of drug-likeness (QED) is 0.323. The molecule has 194 valence electrons. The number of benzene rings is 1. The molecule has 1 aromatic carbocycles. The largest absolute Gasteiger partial charge is 0.465 e. The summed E-state index contributed by atoms with van der Waals surface area (Å²) in [6, 6.07) is 11.6. The third-order valence-electron chi connectivity index (χ3n) is 6.97. The van der Waals surface area contributed by atoms with Crippen molar-refractivity contribution >= 4 is 34.3 Å². The molecule has 0 spiro atoms. The van der Waals surface area contributed by atoms with Gasteiger partial charge in [-0.3, -0.25) is 4.98 Å². The minimum atomic E-state index is -0.959. The van der Waals surface area contributed by atoms with Crippen LogP contribution in [0.5, 0.6) is 11.5 Å². The number of hydrogen-bond acceptors (Lipinski definition) is 8. The number of aryl methyl sites for hydroxylation is 1. The van der Waals surface area contributed by atoms with Gasteiger partial charge in [0, 0.05) is 48.2 Å². The number of anilines is 3. The van der Waals surface area contributed by atoms with Crippen molar-refractivity contribution in [1.82, 2.24) is 25.3 Å². The molecule has 2 saturated carbocycles. The maximum absolute atomic E-state index is 10.9. The third kappa shape index (κ3) is 5.29. The Balaban J connectivity index is 0.000000824. The number of pyridine rings is 2. The van der Waals surface area contributed by atoms with Crippen LogP contribution in [-0.2, 0) is 0 Å². The number of nitrogens with zero attached hydrogens (tertiary/aromatic N) is 5. The number of fused-ring (bicyclic) bond motifs is 2. The molecule has 2 aliphatic carbocycles. The summed E-state index contributed by atoms with van der Waals surface area (Å²) in [6.45, 7) is 3.55. The Morgan fingerprint density at radius 3 is 2.55 bits per heavy atom. The van der Waals surface area contributed by atoms with Crippen molar-refractivity contribution in [3.8, 4) is 11.5 Å². The molecule has 4 heterocycles. The van der Waals surface area contributed by atoms with Crippen LogP contribution >= 0.6 is 0 Å². The van der Waals surface area contributed by atoms with Crippen LogP contribution in [0, 0.1) is 18.8 Å². The molecule has 2 unspecified atom stereocenters. The summed E-state index contributed by atoms with van der Waals surface area (Å²) in [5, 5.41) is 15.8. The standard InChI is InChI=1S/C25H23N7O3.C3H6/c1-14-7-15(4-5-21(14)35-16-3-2-6-26-9-16)30-24-17-8-22(27-10-20(17)28-13-29-24)32-11-18-19(12-32)23(18)31-25(33)34;1-2-3-1/h2-10,13,18-19,23,31H,11-12H2,1H3,(H,33,34)(H,28,29,30);1-3H2. The lowest BCUT2D eigenvalue weighted by Crippen LogP contribution is -2.34. The van der Waals surface area contributed by atoms with Gasteiger partial charge in [0.05, 0.1) is 17.9 Å². The number of ether oxygens (including phenoxy) is 1. The van der Waals surface area contributed by atoms with Gasteiger partial charge < -0.3 is 25.4 Å². The van der Waals surface area contributed by atoms with Gasteiger partial charge in [-0.25, -0.2) is 19.7 Å². The lowest BCUT2D eigenvalue weighted by molar-refractivity contribution is 0.192. The second-order valence-electron chi connectivity index (χ2n) is 9.95. The first-order valence-electron chi connectivity index (χ1n) is 12.9. The average Bonchev–Trinajstić information content (AvgIpc) is 3.86. The van der Waals surface area contributed by atoms with Crippen molar-refractivity contribution < 1.29 is 14.6 Å². The van der Waals surface area contributed by atoms with Gasteiger partial charge in [-0.05, 0) is 48.9 Å². The fraction of sp³-hybridized carbons (Fsp3) is 0.321. The molecular formula is C28H29N7O3. The maximum atomic E-state index is 10.9. The Hall–Kier alpha value is -4.47. The van der Waals surface area contributed by atoms with Crippen molar-refractivity contribution in [2.75, 3.05) is 23.3 Å². The molecule has 10 nitrogen and oxygen atoms in total. The first-order chi connectivity index (χ1) is 18.5. The minimum Gasteiger partial charge on any atom is -0.465 e. The Kier molecular flexibility index (Phi) is 6.36. The molecule has 1 amide bonds. The van der Waals surface area contributed by atoms with Crippen molar-refractivity contribution in [2.45, 2.75) is 32.2 Å². The monoisotopic (exact) mass is 511 g/mol. The van der Waals surface area contributed by atoms with Gasteiger partial charge in [-0.1, -0.05) is 19.3 Å². The number of amides is 1. The zero-order chi connectivity index (χ0) is 26.1. The van der Waals surface area contributed by atoms with Crippen LogP contribution in [0.25, 0.3) is 10.9 Å². The number of piperidine rings is 1. The van der Waals surface area contributed by atoms with E-state index in [1.54, 1.807) is 18.6 Å². The van der Waals surface area contributed by atoms with Crippen LogP contribution in [0.1, 0.15) is 24.8 Å². The molecule has 38 heavy (non-hydrogen) atoms. The average molecular weight is 512 g/mol. The molecule has 3 aromatic heterocycles. The molecule has 1 saturated heterocycles. The fourth-order valence-electron chi connectivity index (χ4n) is 4.80. The van der Waals surface area contributed by atoms with Crippen LogP contribution in [0.15, 0.2) is 61.3 Å². The highest BCUT2D eigenvalue weighted by Gasteiger charge is 2.56. The van der Waals surface area contributed by atoms with Crippen molar-refractivity contribution in [2.24, 2.45) is 11.8 Å². The Morgan fingerprint density at radius 1 is 1.05 bits per heavy atom. The minimum absolute atomic E-state index is 0.0538. The zero-order valence-corrected chi connectivity index (χ0v) is 21.0. The summed E-state index contributed by atoms with van der Waals surface area (Å²) in [4.78, 5) is 30.6. The molecule has 7 rings (SSSR count). The zero-order valence-electron chi connectivity index (χ0n) is 21.0. The summed E-state index contributed by atoms with van der Waals surface area (Å²) in [5.74, 6) is 3.64. The van der Waals surface area contributed by atoms with Crippen LogP contribution in [0.4, 0.5) is 22.1 Å². The van der Waals surface area contributed by atoms with E-state index in [0.717, 1.165) is 46.8 Å². The van der Waals surface area contributed by atoms with Crippen LogP contribution in [-0.4, -0.2) is 50.3 Å². The number of nitrogens with one attached hydrogen (secondary N) is 2. The van der Waals surface area contributed by atoms with Gasteiger partial charge >= 0.3 is 6.09 Å². The first-order valence-corrected chi connectivity index (χ1v) is 12.9. The molecule has 1 aliphatic heterocycles. The molecule has 3 fully saturated rings. The van der Waals surface area contributed by atoms with E-state index in [4.69, 9.17) is 9.84 Å². The van der Waals surface area contributed by atoms with Crippen molar-refractivity contribution in [1.29, 1.82) is 0 Å². The van der Waals surface area contributed by atoms with Gasteiger partial charge in [0.15, 0.2) is 0 Å². The number of rotatable bonds is 6. The molecule has 2 atom stereocenters. The van der Waals surface area contributed by atoms with E-state index >= 15 is 0 Å². The molecule has 3 N–H and O–H groups in total. The molecule has 3 aliphatic rings. The van der Waals surface area contributed by atoms with E-state index < -0.39 is 6.09 Å². The van der Waals surface area contributed by atoms with Gasteiger partial charge in [0.2, 0.25) is 0 Å². The fourth-order valence-corrected chi connectivity index (χ4v) is 4.80. The van der Waals surface area contributed by atoms with Gasteiger partial charge in [-0.15, -0.1) is 0 Å². The Labute approximate surface area is 220 Å². The summed E-state index contributed by atoms with van der Waals surface area (Å²) in [5.41, 5.74) is 2.60. The first kappa shape index (κ1) is 23.9. The lowest BCUT2D eigenvalue weighted by atomic mass is 10.2. The SMILES string of the molecule is C1CC1.Cc1cc(Nc2ncnc3cnc(N4CC5C(C4)C5NC(=O)O)cc23)ccc1Oc1cccnc1. The Morgan fingerprint density at radius 2 is 1.87 bits per heavy atom. The molecular weight excluding hydrogens is 482 g/mol. The molecule has 4 aromatic rings. The van der Waals surface area contributed by atoms with E-state index in [2.05, 4.69) is 35.5 Å². The van der Waals surface area contributed by atoms with E-state index in [1.807, 2.05) is 43.3 Å². The van der Waals surface area contributed by atoms with Crippen molar-refractivity contribution in [3.63, 3.8) is 0 Å². The lowest BCUT2D eigenvalue weighted by Gasteiger charge is -2.21. The normalized spacial score (nSPS) is 20.7. The van der Waals surface area contributed by atoms with E-state index in [-0.39, 0.29) is 6.04 Å². The third-order valence-corrected chi connectivity index (χ3v) is 6.97. The molecule has 10 heteroatoms. The summed E-state index contributed by atoms with van der Waals surface area (Å²) in [6.07, 6.45) is 10.2. The smallest absolute Gasteiger partial charge is 0.404 e. The second-order valence-corrected chi connectivity index (χ2v) is 9.95. The number of aromatic nitrogens is 4. The highest BCUT2D eigenvalue weighted by molar-refractivity contribution is 5.92. The summed E-state index contributed by atoms with van der Waals surface area (Å²) < 4.78 is 5.93. The molecule has 0 bridgehead atoms. The van der Waals surface area contributed by atoms with Gasteiger partial charge in [0.1, 0.15) is 29.5 Å². The maximum Gasteiger partial charge on any atom is 0.404 e. The number of carbonyl (C=O) groups is 1. The second kappa shape index (κ2) is 10.1. The predicted octanol–water partition coefficient (Wildman–Crippen LogP) is 5.14. The topological polar surface area (TPSA) is 125 Å². The summed E-state index contributed by atoms with van der Waals surface area (Å²) in [7, 11) is 0. The van der Waals surface area contributed by atoms with Gasteiger partial charge in [-0.2, -0.15) is 0 Å². The van der Waals surface area contributed by atoms with Crippen molar-refractivity contribution in [3.05, 3.63) is 66.9 Å². The Bertz CT molecular complexity index is 1450.